The summed E-state index contributed by atoms with van der Waals surface area (Å²) in [6.45, 7) is 3.44. The van der Waals surface area contributed by atoms with Crippen LogP contribution in [0, 0.1) is 6.92 Å². The van der Waals surface area contributed by atoms with E-state index in [0.717, 1.165) is 19.4 Å². The molecule has 0 aliphatic heterocycles. The lowest BCUT2D eigenvalue weighted by Gasteiger charge is -2.27. The number of hydrogen-bond donors (Lipinski definition) is 2. The van der Waals surface area contributed by atoms with Gasteiger partial charge in [0.15, 0.2) is 0 Å². The van der Waals surface area contributed by atoms with Crippen molar-refractivity contribution >= 4 is 5.91 Å². The Kier molecular flexibility index (Phi) is 5.15. The molecule has 1 aromatic rings. The third-order valence-corrected chi connectivity index (χ3v) is 3.94. The zero-order valence-electron chi connectivity index (χ0n) is 12.4. The lowest BCUT2D eigenvalue weighted by Crippen LogP contribution is -2.42. The highest BCUT2D eigenvalue weighted by Gasteiger charge is 2.25. The molecule has 4 heteroatoms. The van der Waals surface area contributed by atoms with Gasteiger partial charge in [0.2, 0.25) is 5.91 Å². The maximum absolute atomic E-state index is 11.9. The number of hydrogen-bond acceptors (Lipinski definition) is 3. The first-order chi connectivity index (χ1) is 9.60. The van der Waals surface area contributed by atoms with Crippen LogP contribution >= 0.6 is 0 Å². The Hall–Kier alpha value is -1.39. The predicted octanol–water partition coefficient (Wildman–Crippen LogP) is 1.42. The van der Waals surface area contributed by atoms with Crippen molar-refractivity contribution in [3.63, 3.8) is 0 Å². The Labute approximate surface area is 121 Å². The standard InChI is InChI=1S/C16H25N3O/c1-12-5-3-4-6-13(12)11-19(2)15(10-17)9-16(20)18-14-7-8-14/h3-6,14-15H,7-11,17H2,1-2H3,(H,18,20). The molecule has 0 aromatic heterocycles. The first-order valence-electron chi connectivity index (χ1n) is 7.34. The summed E-state index contributed by atoms with van der Waals surface area (Å²) in [5.74, 6) is 0.125. The van der Waals surface area contributed by atoms with Gasteiger partial charge in [-0.05, 0) is 37.9 Å². The van der Waals surface area contributed by atoms with E-state index in [-0.39, 0.29) is 11.9 Å². The van der Waals surface area contributed by atoms with Crippen LogP contribution in [0.2, 0.25) is 0 Å². The summed E-state index contributed by atoms with van der Waals surface area (Å²) in [5, 5.41) is 3.03. The molecule has 0 bridgehead atoms. The van der Waals surface area contributed by atoms with Crippen molar-refractivity contribution in [2.24, 2.45) is 5.73 Å². The highest BCUT2D eigenvalue weighted by molar-refractivity contribution is 5.77. The molecule has 1 aliphatic carbocycles. The fourth-order valence-corrected chi connectivity index (χ4v) is 2.33. The molecule has 0 radical (unpaired) electrons. The van der Waals surface area contributed by atoms with Gasteiger partial charge >= 0.3 is 0 Å². The summed E-state index contributed by atoms with van der Waals surface area (Å²) in [6.07, 6.45) is 2.73. The molecule has 0 saturated heterocycles. The molecule has 1 unspecified atom stereocenters. The van der Waals surface area contributed by atoms with Gasteiger partial charge in [-0.15, -0.1) is 0 Å². The van der Waals surface area contributed by atoms with Gasteiger partial charge in [0.05, 0.1) is 0 Å². The molecule has 110 valence electrons. The van der Waals surface area contributed by atoms with Gasteiger partial charge in [-0.2, -0.15) is 0 Å². The van der Waals surface area contributed by atoms with Crippen molar-refractivity contribution < 1.29 is 4.79 Å². The van der Waals surface area contributed by atoms with Crippen LogP contribution < -0.4 is 11.1 Å². The minimum absolute atomic E-state index is 0.0911. The summed E-state index contributed by atoms with van der Waals surface area (Å²) in [5.41, 5.74) is 8.40. The molecule has 1 aliphatic rings. The van der Waals surface area contributed by atoms with Crippen LogP contribution in [0.1, 0.15) is 30.4 Å². The second-order valence-electron chi connectivity index (χ2n) is 5.78. The van der Waals surface area contributed by atoms with Crippen molar-refractivity contribution in [2.75, 3.05) is 13.6 Å². The van der Waals surface area contributed by atoms with E-state index in [1.54, 1.807) is 0 Å². The Morgan fingerprint density at radius 1 is 1.45 bits per heavy atom. The van der Waals surface area contributed by atoms with Crippen molar-refractivity contribution in [1.82, 2.24) is 10.2 Å². The van der Waals surface area contributed by atoms with E-state index in [4.69, 9.17) is 5.73 Å². The molecule has 0 spiro atoms. The van der Waals surface area contributed by atoms with E-state index >= 15 is 0 Å². The van der Waals surface area contributed by atoms with E-state index in [1.165, 1.54) is 11.1 Å². The number of benzene rings is 1. The lowest BCUT2D eigenvalue weighted by atomic mass is 10.1. The van der Waals surface area contributed by atoms with E-state index in [1.807, 2.05) is 19.2 Å². The van der Waals surface area contributed by atoms with Gasteiger partial charge < -0.3 is 11.1 Å². The molecule has 1 fully saturated rings. The fourth-order valence-electron chi connectivity index (χ4n) is 2.33. The predicted molar refractivity (Wildman–Crippen MR) is 81.3 cm³/mol. The van der Waals surface area contributed by atoms with Gasteiger partial charge in [0.25, 0.3) is 0 Å². The van der Waals surface area contributed by atoms with Crippen LogP contribution in [0.5, 0.6) is 0 Å². The highest BCUT2D eigenvalue weighted by Crippen LogP contribution is 2.19. The van der Waals surface area contributed by atoms with Crippen LogP contribution in [-0.2, 0) is 11.3 Å². The minimum atomic E-state index is 0.0911. The van der Waals surface area contributed by atoms with Gasteiger partial charge in [-0.3, -0.25) is 9.69 Å². The van der Waals surface area contributed by atoms with Crippen LogP contribution in [0.15, 0.2) is 24.3 Å². The maximum Gasteiger partial charge on any atom is 0.221 e. The highest BCUT2D eigenvalue weighted by atomic mass is 16.1. The SMILES string of the molecule is Cc1ccccc1CN(C)C(CN)CC(=O)NC1CC1. The minimum Gasteiger partial charge on any atom is -0.353 e. The summed E-state index contributed by atoms with van der Waals surface area (Å²) in [6, 6.07) is 8.84. The Balaban J connectivity index is 1.89. The number of likely N-dealkylation sites (N-methyl/N-ethyl adjacent to an activating group) is 1. The molecule has 1 saturated carbocycles. The first kappa shape index (κ1) is 15.0. The zero-order chi connectivity index (χ0) is 14.5. The molecule has 3 N–H and O–H groups in total. The van der Waals surface area contributed by atoms with Gasteiger partial charge in [0.1, 0.15) is 0 Å². The number of nitrogens with one attached hydrogen (secondary N) is 1. The smallest absolute Gasteiger partial charge is 0.221 e. The van der Waals surface area contributed by atoms with Gasteiger partial charge in [-0.25, -0.2) is 0 Å². The summed E-state index contributed by atoms with van der Waals surface area (Å²) < 4.78 is 0. The number of amides is 1. The van der Waals surface area contributed by atoms with Gasteiger partial charge in [0, 0.05) is 31.6 Å². The summed E-state index contributed by atoms with van der Waals surface area (Å²) in [4.78, 5) is 14.1. The number of aryl methyl sites for hydroxylation is 1. The van der Waals surface area contributed by atoms with E-state index in [9.17, 15) is 4.79 Å². The molecule has 20 heavy (non-hydrogen) atoms. The summed E-state index contributed by atoms with van der Waals surface area (Å²) >= 11 is 0. The molecule has 1 atom stereocenters. The normalized spacial score (nSPS) is 16.2. The lowest BCUT2D eigenvalue weighted by molar-refractivity contribution is -0.122. The Morgan fingerprint density at radius 2 is 2.15 bits per heavy atom. The van der Waals surface area contributed by atoms with E-state index in [2.05, 4.69) is 29.3 Å². The number of carbonyl (C=O) groups excluding carboxylic acids is 1. The van der Waals surface area contributed by atoms with Crippen molar-refractivity contribution in [1.29, 1.82) is 0 Å². The van der Waals surface area contributed by atoms with Crippen LogP contribution in [0.25, 0.3) is 0 Å². The topological polar surface area (TPSA) is 58.4 Å². The second kappa shape index (κ2) is 6.86. The van der Waals surface area contributed by atoms with Crippen LogP contribution in [-0.4, -0.2) is 36.5 Å². The van der Waals surface area contributed by atoms with Crippen LogP contribution in [0.4, 0.5) is 0 Å². The number of nitrogens with zero attached hydrogens (tertiary/aromatic N) is 1. The van der Waals surface area contributed by atoms with E-state index in [0.29, 0.717) is 19.0 Å². The fraction of sp³-hybridized carbons (Fsp3) is 0.562. The average molecular weight is 275 g/mol. The zero-order valence-corrected chi connectivity index (χ0v) is 12.4. The quantitative estimate of drug-likeness (QED) is 0.791. The molecule has 1 aromatic carbocycles. The second-order valence-corrected chi connectivity index (χ2v) is 5.78. The third-order valence-electron chi connectivity index (χ3n) is 3.94. The van der Waals surface area contributed by atoms with Crippen molar-refractivity contribution in [3.05, 3.63) is 35.4 Å². The van der Waals surface area contributed by atoms with Crippen molar-refractivity contribution in [2.45, 2.75) is 44.8 Å². The number of carbonyl (C=O) groups is 1. The largest absolute Gasteiger partial charge is 0.353 e. The third kappa shape index (κ3) is 4.32. The van der Waals surface area contributed by atoms with Crippen LogP contribution in [0.3, 0.4) is 0 Å². The Morgan fingerprint density at radius 3 is 2.75 bits per heavy atom. The molecule has 4 nitrogen and oxygen atoms in total. The number of nitrogens with two attached hydrogens (primary N) is 1. The molecular formula is C16H25N3O. The summed E-state index contributed by atoms with van der Waals surface area (Å²) in [7, 11) is 2.04. The first-order valence-corrected chi connectivity index (χ1v) is 7.34. The molecular weight excluding hydrogens is 250 g/mol. The molecule has 2 rings (SSSR count). The molecule has 0 heterocycles. The molecule has 1 amide bonds. The van der Waals surface area contributed by atoms with Crippen molar-refractivity contribution in [3.8, 4) is 0 Å². The maximum atomic E-state index is 11.9. The Bertz CT molecular complexity index is 457. The number of rotatable bonds is 7. The average Bonchev–Trinajstić information content (AvgIpc) is 3.22. The van der Waals surface area contributed by atoms with E-state index < -0.39 is 0 Å². The van der Waals surface area contributed by atoms with Gasteiger partial charge in [-0.1, -0.05) is 24.3 Å². The monoisotopic (exact) mass is 275 g/mol.